The van der Waals surface area contributed by atoms with E-state index < -0.39 is 23.7 Å². The molecule has 1 aliphatic heterocycles. The molecule has 19 heavy (non-hydrogen) atoms. The van der Waals surface area contributed by atoms with Crippen LogP contribution in [-0.2, 0) is 6.18 Å². The van der Waals surface area contributed by atoms with E-state index in [4.69, 9.17) is 0 Å². The second-order valence-corrected chi connectivity index (χ2v) is 6.66. The third-order valence-corrected chi connectivity index (χ3v) is 5.68. The molecule has 1 saturated heterocycles. The van der Waals surface area contributed by atoms with Gasteiger partial charge >= 0.3 is 6.18 Å². The van der Waals surface area contributed by atoms with Crippen molar-refractivity contribution in [3.05, 3.63) is 35.1 Å². The van der Waals surface area contributed by atoms with Crippen molar-refractivity contribution in [3.8, 4) is 0 Å². The molecule has 0 spiro atoms. The third-order valence-electron chi connectivity index (χ3n) is 2.83. The summed E-state index contributed by atoms with van der Waals surface area (Å²) in [5, 5.41) is 9.98. The molecule has 0 aliphatic carbocycles. The smallest absolute Gasteiger partial charge is 0.387 e. The summed E-state index contributed by atoms with van der Waals surface area (Å²) in [7, 11) is 0. The number of alkyl halides is 3. The van der Waals surface area contributed by atoms with Gasteiger partial charge in [-0.2, -0.15) is 36.7 Å². The zero-order valence-corrected chi connectivity index (χ0v) is 11.4. The molecule has 1 fully saturated rings. The zero-order valence-electron chi connectivity index (χ0n) is 9.78. The fraction of sp³-hybridized carbons (Fsp3) is 0.500. The van der Waals surface area contributed by atoms with Gasteiger partial charge in [0.05, 0.1) is 11.7 Å². The van der Waals surface area contributed by atoms with Crippen LogP contribution in [0.4, 0.5) is 17.6 Å². The average molecular weight is 312 g/mol. The van der Waals surface area contributed by atoms with E-state index in [9.17, 15) is 22.7 Å². The first-order chi connectivity index (χ1) is 8.89. The van der Waals surface area contributed by atoms with Gasteiger partial charge in [-0.05, 0) is 17.7 Å². The summed E-state index contributed by atoms with van der Waals surface area (Å²) in [6.07, 6.45) is -5.64. The Morgan fingerprint density at radius 1 is 1.26 bits per heavy atom. The van der Waals surface area contributed by atoms with Gasteiger partial charge in [-0.15, -0.1) is 0 Å². The number of hydrogen-bond donors (Lipinski definition) is 1. The van der Waals surface area contributed by atoms with Gasteiger partial charge in [0.25, 0.3) is 0 Å². The number of halogens is 4. The summed E-state index contributed by atoms with van der Waals surface area (Å²) in [5.74, 6) is 1.26. The zero-order chi connectivity index (χ0) is 14.0. The van der Waals surface area contributed by atoms with Crippen LogP contribution in [0.25, 0.3) is 0 Å². The number of thioether (sulfide) groups is 2. The minimum Gasteiger partial charge on any atom is -0.387 e. The molecule has 0 amide bonds. The Morgan fingerprint density at radius 3 is 2.53 bits per heavy atom. The summed E-state index contributed by atoms with van der Waals surface area (Å²) >= 11 is 3.25. The summed E-state index contributed by atoms with van der Waals surface area (Å²) in [5.41, 5.74) is -1.10. The van der Waals surface area contributed by atoms with E-state index in [1.807, 2.05) is 0 Å². The molecule has 7 heteroatoms. The molecule has 0 bridgehead atoms. The molecule has 1 aliphatic rings. The van der Waals surface area contributed by atoms with Crippen LogP contribution in [0.1, 0.15) is 17.2 Å². The Labute approximate surface area is 116 Å². The molecule has 1 nitrogen and oxygen atoms in total. The number of rotatable bonds is 2. The molecule has 106 valence electrons. The Morgan fingerprint density at radius 2 is 2.00 bits per heavy atom. The molecule has 1 heterocycles. The van der Waals surface area contributed by atoms with E-state index in [1.54, 1.807) is 23.5 Å². The van der Waals surface area contributed by atoms with E-state index in [0.29, 0.717) is 11.8 Å². The first kappa shape index (κ1) is 15.0. The topological polar surface area (TPSA) is 20.2 Å². The van der Waals surface area contributed by atoms with Crippen molar-refractivity contribution >= 4 is 23.5 Å². The van der Waals surface area contributed by atoms with E-state index in [0.717, 1.165) is 23.6 Å². The van der Waals surface area contributed by atoms with Crippen LogP contribution in [0.5, 0.6) is 0 Å². The number of aliphatic hydroxyl groups is 1. The Bertz CT molecular complexity index is 444. The van der Waals surface area contributed by atoms with Crippen LogP contribution < -0.4 is 0 Å². The summed E-state index contributed by atoms with van der Waals surface area (Å²) in [4.78, 5) is 0. The molecule has 2 atom stereocenters. The van der Waals surface area contributed by atoms with E-state index in [2.05, 4.69) is 0 Å². The Kier molecular flexibility index (Phi) is 4.68. The van der Waals surface area contributed by atoms with Crippen LogP contribution in [-0.4, -0.2) is 27.6 Å². The number of aliphatic hydroxyl groups excluding tert-OH is 1. The SMILES string of the molecule is OC(c1ccc(C(F)(F)F)c(F)c1)C1CSCCS1. The van der Waals surface area contributed by atoms with Crippen LogP contribution in [0.2, 0.25) is 0 Å². The quantitative estimate of drug-likeness (QED) is 0.840. The lowest BCUT2D eigenvalue weighted by Crippen LogP contribution is -2.22. The number of hydrogen-bond acceptors (Lipinski definition) is 3. The van der Waals surface area contributed by atoms with Gasteiger partial charge in [-0.25, -0.2) is 4.39 Å². The van der Waals surface area contributed by atoms with Gasteiger partial charge in [0.1, 0.15) is 5.82 Å². The fourth-order valence-electron chi connectivity index (χ4n) is 1.85. The largest absolute Gasteiger partial charge is 0.419 e. The van der Waals surface area contributed by atoms with Gasteiger partial charge in [0, 0.05) is 22.5 Å². The van der Waals surface area contributed by atoms with E-state index >= 15 is 0 Å². The van der Waals surface area contributed by atoms with Crippen LogP contribution in [0, 0.1) is 5.82 Å². The highest BCUT2D eigenvalue weighted by Gasteiger charge is 2.34. The molecule has 0 saturated carbocycles. The second-order valence-electron chi connectivity index (χ2n) is 4.17. The lowest BCUT2D eigenvalue weighted by atomic mass is 10.0. The predicted octanol–water partition coefficient (Wildman–Crippen LogP) is 3.73. The fourth-order valence-corrected chi connectivity index (χ4v) is 4.60. The maximum atomic E-state index is 13.4. The minimum atomic E-state index is -4.71. The normalized spacial score (nSPS) is 22.3. The minimum absolute atomic E-state index is 0.102. The van der Waals surface area contributed by atoms with Gasteiger partial charge in [-0.1, -0.05) is 6.07 Å². The lowest BCUT2D eigenvalue weighted by molar-refractivity contribution is -0.140. The maximum absolute atomic E-state index is 13.4. The molecular formula is C12H12F4OS2. The van der Waals surface area contributed by atoms with Crippen molar-refractivity contribution in [1.29, 1.82) is 0 Å². The van der Waals surface area contributed by atoms with Crippen molar-refractivity contribution in [3.63, 3.8) is 0 Å². The summed E-state index contributed by atoms with van der Waals surface area (Å²) in [6.45, 7) is 0. The van der Waals surface area contributed by atoms with E-state index in [1.165, 1.54) is 0 Å². The molecule has 2 unspecified atom stereocenters. The highest BCUT2D eigenvalue weighted by atomic mass is 32.2. The lowest BCUT2D eigenvalue weighted by Gasteiger charge is -2.26. The highest BCUT2D eigenvalue weighted by molar-refractivity contribution is 8.06. The molecular weight excluding hydrogens is 300 g/mol. The predicted molar refractivity (Wildman–Crippen MR) is 69.9 cm³/mol. The summed E-state index contributed by atoms with van der Waals surface area (Å²) < 4.78 is 50.7. The Balaban J connectivity index is 2.19. The maximum Gasteiger partial charge on any atom is 0.419 e. The van der Waals surface area contributed by atoms with Crippen LogP contribution in [0.3, 0.4) is 0 Å². The van der Waals surface area contributed by atoms with Crippen molar-refractivity contribution in [2.24, 2.45) is 0 Å². The average Bonchev–Trinajstić information content (AvgIpc) is 2.37. The van der Waals surface area contributed by atoms with Crippen molar-refractivity contribution < 1.29 is 22.7 Å². The molecule has 0 aromatic heterocycles. The van der Waals surface area contributed by atoms with Crippen molar-refractivity contribution in [2.75, 3.05) is 17.3 Å². The standard InChI is InChI=1S/C12H12F4OS2/c13-9-5-7(1-2-8(9)12(14,15)16)11(17)10-6-18-3-4-19-10/h1-2,5,10-11,17H,3-4,6H2. The third kappa shape index (κ3) is 3.58. The van der Waals surface area contributed by atoms with Gasteiger partial charge in [0.15, 0.2) is 0 Å². The van der Waals surface area contributed by atoms with E-state index in [-0.39, 0.29) is 10.8 Å². The highest BCUT2D eigenvalue weighted by Crippen LogP contribution is 2.36. The van der Waals surface area contributed by atoms with Crippen molar-refractivity contribution in [1.82, 2.24) is 0 Å². The van der Waals surface area contributed by atoms with Crippen molar-refractivity contribution in [2.45, 2.75) is 17.5 Å². The van der Waals surface area contributed by atoms with Gasteiger partial charge in [0.2, 0.25) is 0 Å². The summed E-state index contributed by atoms with van der Waals surface area (Å²) in [6, 6.07) is 2.62. The monoisotopic (exact) mass is 312 g/mol. The number of benzene rings is 1. The van der Waals surface area contributed by atoms with Gasteiger partial charge in [-0.3, -0.25) is 0 Å². The molecule has 1 aromatic carbocycles. The Hall–Kier alpha value is -0.400. The molecule has 1 aromatic rings. The van der Waals surface area contributed by atoms with Crippen LogP contribution in [0.15, 0.2) is 18.2 Å². The van der Waals surface area contributed by atoms with Gasteiger partial charge < -0.3 is 5.11 Å². The molecule has 0 radical (unpaired) electrons. The molecule has 2 rings (SSSR count). The first-order valence-electron chi connectivity index (χ1n) is 5.63. The first-order valence-corrected chi connectivity index (χ1v) is 7.84. The molecule has 1 N–H and O–H groups in total. The second kappa shape index (κ2) is 5.93. The van der Waals surface area contributed by atoms with Crippen LogP contribution >= 0.6 is 23.5 Å².